The maximum absolute atomic E-state index is 15.9. The predicted octanol–water partition coefficient (Wildman–Crippen LogP) is 13.7. The summed E-state index contributed by atoms with van der Waals surface area (Å²) in [6.07, 6.45) is 16.4. The summed E-state index contributed by atoms with van der Waals surface area (Å²) >= 11 is 0. The topological polar surface area (TPSA) is 114 Å². The number of carbonyl (C=O) groups excluding carboxylic acids is 4. The van der Waals surface area contributed by atoms with Crippen LogP contribution in [0.4, 0.5) is 0 Å². The fourth-order valence-electron chi connectivity index (χ4n) is 8.49. The van der Waals surface area contributed by atoms with Gasteiger partial charge in [-0.1, -0.05) is 190 Å². The Morgan fingerprint density at radius 1 is 0.400 bits per heavy atom. The lowest BCUT2D eigenvalue weighted by atomic mass is 9.80. The predicted molar refractivity (Wildman–Crippen MR) is 257 cm³/mol. The van der Waals surface area contributed by atoms with Crippen molar-refractivity contribution in [3.05, 3.63) is 131 Å². The minimum atomic E-state index is -2.11. The standard InChI is InChI=1S/C56H74O9/c1-7-11-13-15-17-25-33-49(27-9-3)63-53(59)55(45-29-21-19-22-30-45,47-35-39-51(40-36-47)61-43(5)57)65-56(46-31-23-20-24-32-46,48-37-41-52(42-38-48)62-44(6)58)54(60)64-50(28-10-4)34-26-18-16-14-12-8-2/h19-24,29-32,35-42,49-50H,7-18,25-28,33-34H2,1-6H3. The molecule has 9 heteroatoms. The molecule has 0 heterocycles. The molecule has 0 amide bonds. The van der Waals surface area contributed by atoms with Crippen molar-refractivity contribution in [2.24, 2.45) is 0 Å². The largest absolute Gasteiger partial charge is 0.460 e. The molecule has 0 saturated carbocycles. The van der Waals surface area contributed by atoms with Gasteiger partial charge in [-0.25, -0.2) is 9.59 Å². The highest BCUT2D eigenvalue weighted by Crippen LogP contribution is 2.48. The van der Waals surface area contributed by atoms with Crippen molar-refractivity contribution in [1.82, 2.24) is 0 Å². The molecule has 352 valence electrons. The van der Waals surface area contributed by atoms with E-state index in [-0.39, 0.29) is 11.5 Å². The molecule has 0 radical (unpaired) electrons. The van der Waals surface area contributed by atoms with E-state index in [1.165, 1.54) is 39.5 Å². The number of hydrogen-bond acceptors (Lipinski definition) is 9. The zero-order valence-electron chi connectivity index (χ0n) is 39.9. The zero-order chi connectivity index (χ0) is 46.9. The number of benzene rings is 4. The molecule has 4 unspecified atom stereocenters. The highest BCUT2D eigenvalue weighted by Gasteiger charge is 2.57. The first kappa shape index (κ1) is 52.3. The molecule has 0 aliphatic rings. The van der Waals surface area contributed by atoms with Crippen LogP contribution in [0.5, 0.6) is 11.5 Å². The Bertz CT molecular complexity index is 1850. The van der Waals surface area contributed by atoms with Crippen molar-refractivity contribution >= 4 is 23.9 Å². The van der Waals surface area contributed by atoms with E-state index in [0.29, 0.717) is 47.9 Å². The van der Waals surface area contributed by atoms with E-state index < -0.39 is 47.3 Å². The minimum Gasteiger partial charge on any atom is -0.460 e. The summed E-state index contributed by atoms with van der Waals surface area (Å²) in [5.41, 5.74) is -2.68. The molecule has 0 spiro atoms. The van der Waals surface area contributed by atoms with Crippen LogP contribution in [0.2, 0.25) is 0 Å². The Labute approximate surface area is 388 Å². The van der Waals surface area contributed by atoms with E-state index >= 15 is 9.59 Å². The van der Waals surface area contributed by atoms with Crippen LogP contribution in [0, 0.1) is 0 Å². The Hall–Kier alpha value is -5.28. The SMILES string of the molecule is CCCCCCCCC(CCC)OC(=O)C(OC(C(=O)OC(CCC)CCCCCCCC)(c1ccccc1)c1ccc(OC(C)=O)cc1)(c1ccccc1)c1ccc(OC(C)=O)cc1. The van der Waals surface area contributed by atoms with E-state index in [1.54, 1.807) is 72.8 Å². The molecule has 0 aliphatic heterocycles. The zero-order valence-corrected chi connectivity index (χ0v) is 39.9. The van der Waals surface area contributed by atoms with Crippen molar-refractivity contribution in [3.8, 4) is 11.5 Å². The van der Waals surface area contributed by atoms with E-state index in [0.717, 1.165) is 64.2 Å². The van der Waals surface area contributed by atoms with Gasteiger partial charge in [0.15, 0.2) is 0 Å². The van der Waals surface area contributed by atoms with Crippen LogP contribution in [-0.4, -0.2) is 36.1 Å². The molecular formula is C56H74O9. The summed E-state index contributed by atoms with van der Waals surface area (Å²) in [4.78, 5) is 55.9. The van der Waals surface area contributed by atoms with Crippen LogP contribution in [-0.2, 0) is 44.6 Å². The molecule has 4 rings (SSSR count). The number of esters is 4. The summed E-state index contributed by atoms with van der Waals surface area (Å²) in [6.45, 7) is 11.2. The Morgan fingerprint density at radius 2 is 0.723 bits per heavy atom. The monoisotopic (exact) mass is 891 g/mol. The first-order chi connectivity index (χ1) is 31.5. The molecule has 0 N–H and O–H groups in total. The van der Waals surface area contributed by atoms with Crippen LogP contribution >= 0.6 is 0 Å². The van der Waals surface area contributed by atoms with E-state index in [9.17, 15) is 9.59 Å². The molecular weight excluding hydrogens is 817 g/mol. The number of unbranched alkanes of at least 4 members (excludes halogenated alkanes) is 10. The number of hydrogen-bond donors (Lipinski definition) is 0. The molecule has 4 aromatic carbocycles. The van der Waals surface area contributed by atoms with Crippen LogP contribution in [0.15, 0.2) is 109 Å². The Kier molecular flexibility index (Phi) is 22.5. The smallest absolute Gasteiger partial charge is 0.348 e. The summed E-state index contributed by atoms with van der Waals surface area (Å²) in [7, 11) is 0. The average Bonchev–Trinajstić information content (AvgIpc) is 3.30. The molecule has 4 aromatic rings. The van der Waals surface area contributed by atoms with Crippen molar-refractivity contribution < 1.29 is 42.9 Å². The van der Waals surface area contributed by atoms with Gasteiger partial charge in [-0.05, 0) is 85.0 Å². The van der Waals surface area contributed by atoms with Gasteiger partial charge in [0.2, 0.25) is 11.2 Å². The first-order valence-corrected chi connectivity index (χ1v) is 24.3. The molecule has 0 bridgehead atoms. The molecule has 0 saturated heterocycles. The molecule has 0 aliphatic carbocycles. The van der Waals surface area contributed by atoms with Gasteiger partial charge in [-0.15, -0.1) is 0 Å². The van der Waals surface area contributed by atoms with E-state index in [1.807, 2.05) is 36.4 Å². The third-order valence-electron chi connectivity index (χ3n) is 11.8. The van der Waals surface area contributed by atoms with Crippen LogP contribution in [0.25, 0.3) is 0 Å². The first-order valence-electron chi connectivity index (χ1n) is 24.3. The summed E-state index contributed by atoms with van der Waals surface area (Å²) in [5.74, 6) is -1.84. The van der Waals surface area contributed by atoms with Gasteiger partial charge in [-0.3, -0.25) is 9.59 Å². The maximum atomic E-state index is 15.9. The summed E-state index contributed by atoms with van der Waals surface area (Å²) < 4.78 is 32.0. The quantitative estimate of drug-likeness (QED) is 0.0287. The minimum absolute atomic E-state index is 0.274. The van der Waals surface area contributed by atoms with Crippen molar-refractivity contribution in [1.29, 1.82) is 0 Å². The summed E-state index contributed by atoms with van der Waals surface area (Å²) in [5, 5.41) is 0. The second-order valence-corrected chi connectivity index (χ2v) is 17.2. The molecule has 0 fully saturated rings. The van der Waals surface area contributed by atoms with Crippen LogP contribution in [0.3, 0.4) is 0 Å². The second kappa shape index (κ2) is 27.9. The molecule has 4 atom stereocenters. The molecule has 65 heavy (non-hydrogen) atoms. The second-order valence-electron chi connectivity index (χ2n) is 17.2. The van der Waals surface area contributed by atoms with Gasteiger partial charge in [0, 0.05) is 13.8 Å². The molecule has 9 nitrogen and oxygen atoms in total. The van der Waals surface area contributed by atoms with Gasteiger partial charge >= 0.3 is 23.9 Å². The highest BCUT2D eigenvalue weighted by molar-refractivity contribution is 5.90. The normalized spacial score (nSPS) is 14.0. The summed E-state index contributed by atoms with van der Waals surface area (Å²) in [6, 6.07) is 31.3. The van der Waals surface area contributed by atoms with Crippen molar-refractivity contribution in [3.63, 3.8) is 0 Å². The molecule has 0 aromatic heterocycles. The highest BCUT2D eigenvalue weighted by atomic mass is 16.6. The fraction of sp³-hybridized carbons (Fsp3) is 0.500. The number of rotatable bonds is 30. The fourth-order valence-corrected chi connectivity index (χ4v) is 8.49. The van der Waals surface area contributed by atoms with E-state index in [4.69, 9.17) is 23.7 Å². The Balaban J connectivity index is 2.02. The van der Waals surface area contributed by atoms with Crippen molar-refractivity contribution in [2.75, 3.05) is 0 Å². The van der Waals surface area contributed by atoms with Crippen LogP contribution < -0.4 is 9.47 Å². The third-order valence-corrected chi connectivity index (χ3v) is 11.8. The lowest BCUT2D eigenvalue weighted by Gasteiger charge is -2.43. The van der Waals surface area contributed by atoms with E-state index in [2.05, 4.69) is 27.7 Å². The Morgan fingerprint density at radius 3 is 1.05 bits per heavy atom. The lowest BCUT2D eigenvalue weighted by molar-refractivity contribution is -0.207. The lowest BCUT2D eigenvalue weighted by Crippen LogP contribution is -2.53. The third kappa shape index (κ3) is 15.4. The van der Waals surface area contributed by atoms with Gasteiger partial charge < -0.3 is 23.7 Å². The van der Waals surface area contributed by atoms with Crippen LogP contribution in [0.1, 0.15) is 179 Å². The van der Waals surface area contributed by atoms with Gasteiger partial charge in [0.05, 0.1) is 0 Å². The van der Waals surface area contributed by atoms with Gasteiger partial charge in [0.25, 0.3) is 0 Å². The maximum Gasteiger partial charge on any atom is 0.348 e. The van der Waals surface area contributed by atoms with Crippen molar-refractivity contribution in [2.45, 2.75) is 181 Å². The van der Waals surface area contributed by atoms with Gasteiger partial charge in [-0.2, -0.15) is 0 Å². The average molecular weight is 891 g/mol. The van der Waals surface area contributed by atoms with Gasteiger partial charge in [0.1, 0.15) is 23.7 Å². The number of carbonyl (C=O) groups is 4. The number of ether oxygens (including phenoxy) is 5.